The average Bonchev–Trinajstić information content (AvgIpc) is 2.61. The van der Waals surface area contributed by atoms with Crippen LogP contribution >= 0.6 is 23.2 Å². The first-order valence-electron chi connectivity index (χ1n) is 7.62. The number of alkyl halides is 4. The number of halogens is 5. The Morgan fingerprint density at radius 3 is 2.63 bits per heavy atom. The van der Waals surface area contributed by atoms with Crippen molar-refractivity contribution in [3.63, 3.8) is 0 Å². The lowest BCUT2D eigenvalue weighted by Crippen LogP contribution is -2.27. The minimum Gasteiger partial charge on any atom is -0.468 e. The maximum atomic E-state index is 12.9. The molecule has 1 aliphatic rings. The number of allylic oxidation sites excluding steroid dienone is 4. The third kappa shape index (κ3) is 4.84. The van der Waals surface area contributed by atoms with Crippen molar-refractivity contribution in [2.45, 2.75) is 24.4 Å². The van der Waals surface area contributed by atoms with Gasteiger partial charge in [0.1, 0.15) is 5.38 Å². The number of carbonyl (C=O) groups excluding carboxylic acids is 1. The first kappa shape index (κ1) is 21.3. The fourth-order valence-electron chi connectivity index (χ4n) is 2.57. The van der Waals surface area contributed by atoms with Crippen molar-refractivity contribution >= 4 is 34.9 Å². The van der Waals surface area contributed by atoms with E-state index >= 15 is 0 Å². The summed E-state index contributed by atoms with van der Waals surface area (Å²) in [4.78, 5) is 27.2. The van der Waals surface area contributed by atoms with E-state index in [1.54, 1.807) is 0 Å². The third-order valence-corrected chi connectivity index (χ3v) is 4.67. The Kier molecular flexibility index (Phi) is 6.59. The van der Waals surface area contributed by atoms with Crippen LogP contribution in [0, 0.1) is 5.92 Å². The van der Waals surface area contributed by atoms with Crippen molar-refractivity contribution in [1.29, 1.82) is 0 Å². The molecule has 0 fully saturated rings. The third-order valence-electron chi connectivity index (χ3n) is 3.88. The molecule has 1 heterocycles. The molecule has 2 rings (SSSR count). The van der Waals surface area contributed by atoms with Crippen LogP contribution < -0.4 is 10.3 Å². The summed E-state index contributed by atoms with van der Waals surface area (Å²) in [5, 5.41) is -0.578. The highest BCUT2D eigenvalue weighted by Crippen LogP contribution is 2.36. The summed E-state index contributed by atoms with van der Waals surface area (Å²) >= 11 is 12.1. The normalized spacial score (nSPS) is 18.4. The predicted molar refractivity (Wildman–Crippen MR) is 92.6 cm³/mol. The van der Waals surface area contributed by atoms with Crippen molar-refractivity contribution in [1.82, 2.24) is 9.55 Å². The number of hydrogen-bond donors (Lipinski definition) is 0. The molecular weight excluding hydrogens is 412 g/mol. The highest BCUT2D eigenvalue weighted by atomic mass is 35.5. The molecule has 0 spiro atoms. The quantitative estimate of drug-likeness (QED) is 0.532. The fraction of sp³-hybridized carbons (Fsp3) is 0.438. The van der Waals surface area contributed by atoms with E-state index in [0.717, 1.165) is 11.7 Å². The molecule has 1 aromatic heterocycles. The smallest absolute Gasteiger partial charge is 0.433 e. The van der Waals surface area contributed by atoms with Gasteiger partial charge in [0.15, 0.2) is 5.69 Å². The summed E-state index contributed by atoms with van der Waals surface area (Å²) in [5.41, 5.74) is -2.00. The van der Waals surface area contributed by atoms with Gasteiger partial charge < -0.3 is 9.47 Å². The number of carbonyl (C=O) groups is 1. The second kappa shape index (κ2) is 8.35. The molecular formula is C16H15Cl2F3N2O4. The maximum absolute atomic E-state index is 12.9. The molecule has 6 nitrogen and oxygen atoms in total. The van der Waals surface area contributed by atoms with Crippen LogP contribution in [0.2, 0.25) is 0 Å². The molecule has 0 bridgehead atoms. The minimum atomic E-state index is -4.79. The molecule has 11 heteroatoms. The van der Waals surface area contributed by atoms with Crippen LogP contribution in [-0.2, 0) is 15.7 Å². The van der Waals surface area contributed by atoms with E-state index in [4.69, 9.17) is 27.9 Å². The standard InChI is InChI=1S/C16H15Cl2F3N2O4/c1-26-14(25)11(18)6-8-5-9(3-4-10(8)17)23-13(24)7-12(16(19,20)21)22-15(23)27-2/h3-4,7-8,11H,5-6H2,1-2H3. The topological polar surface area (TPSA) is 70.4 Å². The minimum absolute atomic E-state index is 0.117. The molecule has 2 unspecified atom stereocenters. The summed E-state index contributed by atoms with van der Waals surface area (Å²) in [6.07, 6.45) is -1.58. The van der Waals surface area contributed by atoms with Crippen LogP contribution in [0.15, 0.2) is 28.0 Å². The van der Waals surface area contributed by atoms with Crippen molar-refractivity contribution in [3.8, 4) is 6.01 Å². The van der Waals surface area contributed by atoms with Crippen LogP contribution in [0.1, 0.15) is 18.5 Å². The van der Waals surface area contributed by atoms with E-state index < -0.39 is 40.7 Å². The van der Waals surface area contributed by atoms with Gasteiger partial charge >= 0.3 is 18.2 Å². The number of ether oxygens (including phenoxy) is 2. The van der Waals surface area contributed by atoms with Crippen molar-refractivity contribution < 1.29 is 27.4 Å². The van der Waals surface area contributed by atoms with Gasteiger partial charge in [-0.1, -0.05) is 11.6 Å². The number of methoxy groups -OCH3 is 2. The zero-order chi connectivity index (χ0) is 20.4. The largest absolute Gasteiger partial charge is 0.468 e. The second-order valence-corrected chi connectivity index (χ2v) is 6.60. The summed E-state index contributed by atoms with van der Waals surface area (Å²) in [7, 11) is 2.30. The Morgan fingerprint density at radius 1 is 1.41 bits per heavy atom. The van der Waals surface area contributed by atoms with Crippen LogP contribution in [0.5, 0.6) is 6.01 Å². The monoisotopic (exact) mass is 426 g/mol. The second-order valence-electron chi connectivity index (χ2n) is 5.64. The maximum Gasteiger partial charge on any atom is 0.433 e. The molecule has 1 aliphatic carbocycles. The first-order chi connectivity index (χ1) is 12.6. The van der Waals surface area contributed by atoms with E-state index in [1.807, 2.05) is 0 Å². The molecule has 0 saturated heterocycles. The fourth-order valence-corrected chi connectivity index (χ4v) is 3.11. The van der Waals surface area contributed by atoms with Gasteiger partial charge in [-0.25, -0.2) is 4.57 Å². The molecule has 0 aromatic carbocycles. The summed E-state index contributed by atoms with van der Waals surface area (Å²) in [6.45, 7) is 0. The summed E-state index contributed by atoms with van der Waals surface area (Å²) < 4.78 is 48.9. The Bertz CT molecular complexity index is 849. The number of aromatic nitrogens is 2. The Balaban J connectivity index is 2.38. The number of nitrogens with zero attached hydrogens (tertiary/aromatic N) is 2. The van der Waals surface area contributed by atoms with Crippen LogP contribution in [0.4, 0.5) is 13.2 Å². The van der Waals surface area contributed by atoms with Gasteiger partial charge in [-0.2, -0.15) is 18.2 Å². The van der Waals surface area contributed by atoms with Gasteiger partial charge in [-0.05, 0) is 25.0 Å². The lowest BCUT2D eigenvalue weighted by atomic mass is 9.93. The van der Waals surface area contributed by atoms with E-state index in [9.17, 15) is 22.8 Å². The van der Waals surface area contributed by atoms with Crippen LogP contribution in [0.25, 0.3) is 5.70 Å². The van der Waals surface area contributed by atoms with Crippen molar-refractivity contribution in [2.24, 2.45) is 5.92 Å². The first-order valence-corrected chi connectivity index (χ1v) is 8.43. The van der Waals surface area contributed by atoms with Gasteiger partial charge in [0.25, 0.3) is 5.56 Å². The summed E-state index contributed by atoms with van der Waals surface area (Å²) in [5.74, 6) is -1.07. The molecule has 2 atom stereocenters. The number of esters is 1. The van der Waals surface area contributed by atoms with Gasteiger partial charge in [-0.15, -0.1) is 11.6 Å². The van der Waals surface area contributed by atoms with E-state index in [0.29, 0.717) is 16.8 Å². The molecule has 148 valence electrons. The SMILES string of the molecule is COC(=O)C(Cl)CC1CC(n2c(OC)nc(C(F)(F)F)cc2=O)=CC=C1Cl. The van der Waals surface area contributed by atoms with Gasteiger partial charge in [0.2, 0.25) is 0 Å². The molecule has 0 amide bonds. The van der Waals surface area contributed by atoms with Gasteiger partial charge in [-0.3, -0.25) is 9.59 Å². The Morgan fingerprint density at radius 2 is 2.07 bits per heavy atom. The van der Waals surface area contributed by atoms with E-state index in [-0.39, 0.29) is 12.8 Å². The molecule has 0 N–H and O–H groups in total. The zero-order valence-corrected chi connectivity index (χ0v) is 15.7. The van der Waals surface area contributed by atoms with Crippen molar-refractivity contribution in [3.05, 3.63) is 39.3 Å². The van der Waals surface area contributed by atoms with Gasteiger partial charge in [0, 0.05) is 22.7 Å². The summed E-state index contributed by atoms with van der Waals surface area (Å²) in [6, 6.07) is -0.126. The lowest BCUT2D eigenvalue weighted by molar-refractivity contribution is -0.142. The lowest BCUT2D eigenvalue weighted by Gasteiger charge is -2.24. The Hall–Kier alpha value is -2.00. The zero-order valence-electron chi connectivity index (χ0n) is 14.2. The van der Waals surface area contributed by atoms with E-state index in [1.165, 1.54) is 19.3 Å². The molecule has 0 saturated carbocycles. The number of hydrogen-bond acceptors (Lipinski definition) is 5. The Labute approximate surface area is 162 Å². The van der Waals surface area contributed by atoms with E-state index in [2.05, 4.69) is 9.72 Å². The highest BCUT2D eigenvalue weighted by molar-refractivity contribution is 6.31. The predicted octanol–water partition coefficient (Wildman–Crippen LogP) is 3.42. The number of rotatable bonds is 5. The molecule has 27 heavy (non-hydrogen) atoms. The molecule has 0 radical (unpaired) electrons. The van der Waals surface area contributed by atoms with Crippen molar-refractivity contribution in [2.75, 3.05) is 14.2 Å². The highest BCUT2D eigenvalue weighted by Gasteiger charge is 2.35. The van der Waals surface area contributed by atoms with Crippen LogP contribution in [0.3, 0.4) is 0 Å². The molecule has 1 aromatic rings. The molecule has 0 aliphatic heterocycles. The van der Waals surface area contributed by atoms with Gasteiger partial charge in [0.05, 0.1) is 14.2 Å². The average molecular weight is 427 g/mol. The van der Waals surface area contributed by atoms with Crippen LogP contribution in [-0.4, -0.2) is 35.1 Å².